The molecule has 1 aliphatic carbocycles. The van der Waals surface area contributed by atoms with Crippen LogP contribution in [0.5, 0.6) is 0 Å². The molecule has 0 radical (unpaired) electrons. The molecule has 2 fully saturated rings. The van der Waals surface area contributed by atoms with Gasteiger partial charge in [-0.1, -0.05) is 0 Å². The van der Waals surface area contributed by atoms with E-state index >= 15 is 0 Å². The maximum Gasteiger partial charge on any atom is 0.266 e. The van der Waals surface area contributed by atoms with Crippen molar-refractivity contribution in [1.82, 2.24) is 29.5 Å². The highest BCUT2D eigenvalue weighted by Gasteiger charge is 2.35. The summed E-state index contributed by atoms with van der Waals surface area (Å²) in [5.41, 5.74) is 2.98. The van der Waals surface area contributed by atoms with Gasteiger partial charge in [-0.2, -0.15) is 5.10 Å². The number of aromatic nitrogens is 6. The second kappa shape index (κ2) is 6.54. The van der Waals surface area contributed by atoms with Crippen LogP contribution in [0.15, 0.2) is 35.4 Å². The lowest BCUT2D eigenvalue weighted by Crippen LogP contribution is -2.50. The van der Waals surface area contributed by atoms with Gasteiger partial charge in [0.05, 0.1) is 17.9 Å². The summed E-state index contributed by atoms with van der Waals surface area (Å²) in [6.07, 6.45) is 5.96. The van der Waals surface area contributed by atoms with Gasteiger partial charge in [0.1, 0.15) is 0 Å². The Morgan fingerprint density at radius 2 is 1.86 bits per heavy atom. The molecule has 28 heavy (non-hydrogen) atoms. The minimum atomic E-state index is -0.0816. The fraction of sp³-hybridized carbons (Fsp3) is 0.450. The number of nitrogens with zero attached hydrogens (tertiary/aromatic N) is 7. The fourth-order valence-electron chi connectivity index (χ4n) is 3.88. The lowest BCUT2D eigenvalue weighted by Gasteiger charge is -2.40. The maximum atomic E-state index is 12.3. The molecule has 0 unspecified atom stereocenters. The third-order valence-electron chi connectivity index (χ3n) is 5.44. The van der Waals surface area contributed by atoms with Crippen LogP contribution in [0.2, 0.25) is 0 Å². The molecular weight excluding hydrogens is 354 g/mol. The van der Waals surface area contributed by atoms with Crippen molar-refractivity contribution in [2.45, 2.75) is 39.2 Å². The van der Waals surface area contributed by atoms with Crippen molar-refractivity contribution in [1.29, 1.82) is 0 Å². The van der Waals surface area contributed by atoms with Gasteiger partial charge >= 0.3 is 0 Å². The minimum Gasteiger partial charge on any atom is -0.354 e. The van der Waals surface area contributed by atoms with E-state index in [2.05, 4.69) is 25.1 Å². The first-order chi connectivity index (χ1) is 13.6. The molecule has 3 aromatic heterocycles. The molecule has 0 amide bonds. The van der Waals surface area contributed by atoms with E-state index in [0.29, 0.717) is 24.2 Å². The molecule has 144 valence electrons. The Kier molecular flexibility index (Phi) is 3.99. The molecule has 1 aliphatic heterocycles. The smallest absolute Gasteiger partial charge is 0.266 e. The van der Waals surface area contributed by atoms with Crippen molar-refractivity contribution in [3.8, 4) is 5.82 Å². The monoisotopic (exact) mass is 377 g/mol. The van der Waals surface area contributed by atoms with E-state index in [1.807, 2.05) is 19.9 Å². The van der Waals surface area contributed by atoms with Gasteiger partial charge in [-0.05, 0) is 38.8 Å². The van der Waals surface area contributed by atoms with Crippen molar-refractivity contribution < 1.29 is 0 Å². The van der Waals surface area contributed by atoms with Crippen LogP contribution in [0.1, 0.15) is 35.8 Å². The molecule has 3 aromatic rings. The van der Waals surface area contributed by atoms with Crippen LogP contribution >= 0.6 is 0 Å². The van der Waals surface area contributed by atoms with Crippen molar-refractivity contribution >= 4 is 5.82 Å². The lowest BCUT2D eigenvalue weighted by molar-refractivity contribution is 0.331. The standard InChI is InChI=1S/C20H23N7O/c1-13-9-14(2)27(23-13)17-5-6-18(28)26(24-17)12-15-10-25(11-15)20-19(16-3-4-16)21-7-8-22-20/h5-9,15-16H,3-4,10-12H2,1-2H3. The van der Waals surface area contributed by atoms with Crippen LogP contribution in [0.4, 0.5) is 5.82 Å². The van der Waals surface area contributed by atoms with Gasteiger partial charge in [0.2, 0.25) is 0 Å². The Labute approximate surface area is 162 Å². The fourth-order valence-corrected chi connectivity index (χ4v) is 3.88. The van der Waals surface area contributed by atoms with Gasteiger partial charge < -0.3 is 4.90 Å². The van der Waals surface area contributed by atoms with Gasteiger partial charge in [0.15, 0.2) is 11.6 Å². The molecule has 0 aromatic carbocycles. The predicted molar refractivity (Wildman–Crippen MR) is 105 cm³/mol. The highest BCUT2D eigenvalue weighted by molar-refractivity contribution is 5.48. The summed E-state index contributed by atoms with van der Waals surface area (Å²) in [7, 11) is 0. The van der Waals surface area contributed by atoms with Crippen LogP contribution in [-0.4, -0.2) is 42.6 Å². The first kappa shape index (κ1) is 17.1. The van der Waals surface area contributed by atoms with Gasteiger partial charge in [-0.15, -0.1) is 5.10 Å². The summed E-state index contributed by atoms with van der Waals surface area (Å²) in [6, 6.07) is 5.30. The van der Waals surface area contributed by atoms with E-state index in [4.69, 9.17) is 0 Å². The number of rotatable bonds is 5. The molecule has 4 heterocycles. The topological polar surface area (TPSA) is 81.7 Å². The van der Waals surface area contributed by atoms with Crippen molar-refractivity contribution in [3.05, 3.63) is 58.0 Å². The Morgan fingerprint density at radius 1 is 1.07 bits per heavy atom. The Balaban J connectivity index is 1.31. The third-order valence-corrected chi connectivity index (χ3v) is 5.44. The molecule has 2 aliphatic rings. The second-order valence-corrected chi connectivity index (χ2v) is 7.86. The second-order valence-electron chi connectivity index (χ2n) is 7.86. The molecule has 0 N–H and O–H groups in total. The Morgan fingerprint density at radius 3 is 2.57 bits per heavy atom. The van der Waals surface area contributed by atoms with E-state index in [1.54, 1.807) is 33.9 Å². The summed E-state index contributed by atoms with van der Waals surface area (Å²) in [5.74, 6) is 2.63. The summed E-state index contributed by atoms with van der Waals surface area (Å²) >= 11 is 0. The SMILES string of the molecule is Cc1cc(C)n(-c2ccc(=O)n(CC3CN(c4nccnc4C4CC4)C3)n2)n1. The molecule has 5 rings (SSSR count). The Hall–Kier alpha value is -3.03. The molecule has 0 atom stereocenters. The Bertz CT molecular complexity index is 1080. The number of aryl methyl sites for hydroxylation is 2. The molecule has 8 heteroatoms. The van der Waals surface area contributed by atoms with E-state index in [1.165, 1.54) is 12.8 Å². The first-order valence-corrected chi connectivity index (χ1v) is 9.76. The predicted octanol–water partition coefficient (Wildman–Crippen LogP) is 1.85. The molecular formula is C20H23N7O. The minimum absolute atomic E-state index is 0.0816. The van der Waals surface area contributed by atoms with E-state index in [0.717, 1.165) is 36.0 Å². The first-order valence-electron chi connectivity index (χ1n) is 9.76. The average molecular weight is 377 g/mol. The zero-order valence-electron chi connectivity index (χ0n) is 16.1. The number of hydrogen-bond donors (Lipinski definition) is 0. The van der Waals surface area contributed by atoms with E-state index in [-0.39, 0.29) is 5.56 Å². The highest BCUT2D eigenvalue weighted by atomic mass is 16.1. The zero-order chi connectivity index (χ0) is 19.3. The number of hydrogen-bond acceptors (Lipinski definition) is 6. The van der Waals surface area contributed by atoms with E-state index < -0.39 is 0 Å². The van der Waals surface area contributed by atoms with E-state index in [9.17, 15) is 4.79 Å². The average Bonchev–Trinajstić information content (AvgIpc) is 3.43. The largest absolute Gasteiger partial charge is 0.354 e. The molecule has 1 saturated heterocycles. The maximum absolute atomic E-state index is 12.3. The zero-order valence-corrected chi connectivity index (χ0v) is 16.1. The molecule has 1 saturated carbocycles. The normalized spacial score (nSPS) is 17.0. The van der Waals surface area contributed by atoms with Crippen LogP contribution in [0, 0.1) is 19.8 Å². The third kappa shape index (κ3) is 3.08. The lowest BCUT2D eigenvalue weighted by atomic mass is 9.99. The summed E-state index contributed by atoms with van der Waals surface area (Å²) in [6.45, 7) is 6.28. The van der Waals surface area contributed by atoms with Gasteiger partial charge in [-0.25, -0.2) is 14.3 Å². The summed E-state index contributed by atoms with van der Waals surface area (Å²) in [5, 5.41) is 9.01. The quantitative estimate of drug-likeness (QED) is 0.675. The van der Waals surface area contributed by atoms with Crippen molar-refractivity contribution in [2.24, 2.45) is 5.92 Å². The number of anilines is 1. The molecule has 0 bridgehead atoms. The van der Waals surface area contributed by atoms with Crippen molar-refractivity contribution in [2.75, 3.05) is 18.0 Å². The van der Waals surface area contributed by atoms with Crippen molar-refractivity contribution in [3.63, 3.8) is 0 Å². The van der Waals surface area contributed by atoms with Crippen LogP contribution < -0.4 is 10.5 Å². The highest BCUT2D eigenvalue weighted by Crippen LogP contribution is 2.43. The van der Waals surface area contributed by atoms with Gasteiger partial charge in [0, 0.05) is 49.1 Å². The molecule has 0 spiro atoms. The van der Waals surface area contributed by atoms with Gasteiger partial charge in [0.25, 0.3) is 5.56 Å². The summed E-state index contributed by atoms with van der Waals surface area (Å²) < 4.78 is 3.34. The van der Waals surface area contributed by atoms with Crippen LogP contribution in [-0.2, 0) is 6.54 Å². The van der Waals surface area contributed by atoms with Crippen LogP contribution in [0.25, 0.3) is 5.82 Å². The molecule has 8 nitrogen and oxygen atoms in total. The van der Waals surface area contributed by atoms with Crippen LogP contribution in [0.3, 0.4) is 0 Å². The van der Waals surface area contributed by atoms with Gasteiger partial charge in [-0.3, -0.25) is 9.78 Å². The summed E-state index contributed by atoms with van der Waals surface area (Å²) in [4.78, 5) is 23.7.